The summed E-state index contributed by atoms with van der Waals surface area (Å²) < 4.78 is 21.3. The van der Waals surface area contributed by atoms with Crippen LogP contribution < -0.4 is 4.74 Å². The normalized spacial score (nSPS) is 27.0. The Kier molecular flexibility index (Phi) is 4.21. The lowest BCUT2D eigenvalue weighted by molar-refractivity contribution is -0.384. The van der Waals surface area contributed by atoms with E-state index in [1.165, 1.54) is 24.3 Å². The van der Waals surface area contributed by atoms with E-state index in [9.17, 15) is 14.9 Å². The number of hydrogen-bond donors (Lipinski definition) is 0. The van der Waals surface area contributed by atoms with Gasteiger partial charge in [-0.05, 0) is 12.1 Å². The molecule has 1 aromatic carbocycles. The van der Waals surface area contributed by atoms with Crippen LogP contribution in [0.4, 0.5) is 10.5 Å². The van der Waals surface area contributed by atoms with Gasteiger partial charge in [-0.1, -0.05) is 0 Å². The minimum absolute atomic E-state index is 0.0362. The van der Waals surface area contributed by atoms with Crippen LogP contribution in [0.2, 0.25) is 0 Å². The smallest absolute Gasteiger partial charge is 0.430 e. The van der Waals surface area contributed by atoms with Crippen LogP contribution in [0.1, 0.15) is 12.8 Å². The second kappa shape index (κ2) is 6.29. The molecule has 2 unspecified atom stereocenters. The number of ether oxygens (including phenoxy) is 4. The SMILES string of the molecule is O=C(Oc1ccc([N+](=O)[O-])cc1)OC1CC2OCCOC2C1. The van der Waals surface area contributed by atoms with Crippen LogP contribution in [-0.4, -0.2) is 42.6 Å². The van der Waals surface area contributed by atoms with E-state index in [2.05, 4.69) is 0 Å². The van der Waals surface area contributed by atoms with Crippen molar-refractivity contribution in [2.45, 2.75) is 31.2 Å². The number of rotatable bonds is 3. The van der Waals surface area contributed by atoms with Gasteiger partial charge in [-0.25, -0.2) is 4.79 Å². The minimum atomic E-state index is -0.836. The number of carbonyl (C=O) groups is 1. The molecule has 1 saturated heterocycles. The summed E-state index contributed by atoms with van der Waals surface area (Å²) in [7, 11) is 0. The molecule has 22 heavy (non-hydrogen) atoms. The standard InChI is InChI=1S/C14H15NO7/c16-14(21-10-3-1-9(2-4-10)15(17)18)22-11-7-12-13(8-11)20-6-5-19-12/h1-4,11-13H,5-8H2. The van der Waals surface area contributed by atoms with Crippen molar-refractivity contribution < 1.29 is 28.7 Å². The average molecular weight is 309 g/mol. The largest absolute Gasteiger partial charge is 0.514 e. The van der Waals surface area contributed by atoms with Gasteiger partial charge in [0.2, 0.25) is 0 Å². The number of non-ortho nitro benzene ring substituents is 1. The molecular formula is C14H15NO7. The fourth-order valence-corrected chi connectivity index (χ4v) is 2.66. The van der Waals surface area contributed by atoms with Gasteiger partial charge in [-0.3, -0.25) is 10.1 Å². The van der Waals surface area contributed by atoms with Crippen LogP contribution in [0.5, 0.6) is 5.75 Å². The number of fused-ring (bicyclic) bond motifs is 1. The molecule has 1 aliphatic heterocycles. The molecule has 1 heterocycles. The number of carbonyl (C=O) groups excluding carboxylic acids is 1. The quantitative estimate of drug-likeness (QED) is 0.365. The Hall–Kier alpha value is -2.19. The Morgan fingerprint density at radius 2 is 1.73 bits per heavy atom. The maximum Gasteiger partial charge on any atom is 0.514 e. The van der Waals surface area contributed by atoms with Crippen molar-refractivity contribution in [2.24, 2.45) is 0 Å². The highest BCUT2D eigenvalue weighted by Crippen LogP contribution is 2.30. The lowest BCUT2D eigenvalue weighted by atomic mass is 10.2. The summed E-state index contributed by atoms with van der Waals surface area (Å²) in [5.74, 6) is 0.193. The van der Waals surface area contributed by atoms with Gasteiger partial charge in [-0.2, -0.15) is 0 Å². The van der Waals surface area contributed by atoms with Crippen LogP contribution in [0.15, 0.2) is 24.3 Å². The summed E-state index contributed by atoms with van der Waals surface area (Å²) in [6.07, 6.45) is -0.0481. The molecule has 0 radical (unpaired) electrons. The highest BCUT2D eigenvalue weighted by Gasteiger charge is 2.40. The number of nitrogens with zero attached hydrogens (tertiary/aromatic N) is 1. The predicted molar refractivity (Wildman–Crippen MR) is 72.7 cm³/mol. The molecule has 0 bridgehead atoms. The highest BCUT2D eigenvalue weighted by molar-refractivity contribution is 5.64. The highest BCUT2D eigenvalue weighted by atomic mass is 16.7. The second-order valence-corrected chi connectivity index (χ2v) is 5.13. The van der Waals surface area contributed by atoms with Crippen LogP contribution in [0.3, 0.4) is 0 Å². The maximum atomic E-state index is 11.7. The van der Waals surface area contributed by atoms with Crippen LogP contribution in [-0.2, 0) is 14.2 Å². The third kappa shape index (κ3) is 3.34. The first-order chi connectivity index (χ1) is 10.6. The molecular weight excluding hydrogens is 294 g/mol. The Balaban J connectivity index is 1.51. The van der Waals surface area contributed by atoms with Gasteiger partial charge < -0.3 is 18.9 Å². The lowest BCUT2D eigenvalue weighted by Crippen LogP contribution is -2.33. The molecule has 1 aliphatic carbocycles. The number of nitro groups is 1. The van der Waals surface area contributed by atoms with Gasteiger partial charge in [0.25, 0.3) is 5.69 Å². The van der Waals surface area contributed by atoms with E-state index in [1.807, 2.05) is 0 Å². The zero-order valence-corrected chi connectivity index (χ0v) is 11.7. The molecule has 1 saturated carbocycles. The van der Waals surface area contributed by atoms with Crippen LogP contribution >= 0.6 is 0 Å². The monoisotopic (exact) mass is 309 g/mol. The van der Waals surface area contributed by atoms with Crippen molar-refractivity contribution in [1.82, 2.24) is 0 Å². The summed E-state index contributed by atoms with van der Waals surface area (Å²) in [5.41, 5.74) is -0.0742. The Morgan fingerprint density at radius 1 is 1.14 bits per heavy atom. The van der Waals surface area contributed by atoms with Crippen LogP contribution in [0, 0.1) is 10.1 Å². The summed E-state index contributed by atoms with van der Waals surface area (Å²) in [6.45, 7) is 1.11. The van der Waals surface area contributed by atoms with Crippen molar-refractivity contribution in [3.63, 3.8) is 0 Å². The topological polar surface area (TPSA) is 97.1 Å². The Morgan fingerprint density at radius 3 is 2.27 bits per heavy atom. The van der Waals surface area contributed by atoms with Crippen molar-refractivity contribution in [2.75, 3.05) is 13.2 Å². The van der Waals surface area contributed by atoms with E-state index in [4.69, 9.17) is 18.9 Å². The minimum Gasteiger partial charge on any atom is -0.430 e. The van der Waals surface area contributed by atoms with Gasteiger partial charge in [0.05, 0.1) is 30.3 Å². The van der Waals surface area contributed by atoms with Gasteiger partial charge in [0, 0.05) is 25.0 Å². The van der Waals surface area contributed by atoms with E-state index in [-0.39, 0.29) is 29.7 Å². The summed E-state index contributed by atoms with van der Waals surface area (Å²) in [4.78, 5) is 21.7. The molecule has 0 aromatic heterocycles. The van der Waals surface area contributed by atoms with E-state index in [0.717, 1.165) is 0 Å². The zero-order chi connectivity index (χ0) is 15.5. The molecule has 8 heteroatoms. The first-order valence-corrected chi connectivity index (χ1v) is 6.98. The number of nitro benzene ring substituents is 1. The molecule has 118 valence electrons. The van der Waals surface area contributed by atoms with E-state index in [1.54, 1.807) is 0 Å². The van der Waals surface area contributed by atoms with Gasteiger partial charge in [-0.15, -0.1) is 0 Å². The van der Waals surface area contributed by atoms with Crippen LogP contribution in [0.25, 0.3) is 0 Å². The molecule has 2 fully saturated rings. The zero-order valence-electron chi connectivity index (χ0n) is 11.7. The fraction of sp³-hybridized carbons (Fsp3) is 0.500. The predicted octanol–water partition coefficient (Wildman–Crippen LogP) is 2.06. The fourth-order valence-electron chi connectivity index (χ4n) is 2.66. The van der Waals surface area contributed by atoms with Gasteiger partial charge >= 0.3 is 6.16 Å². The lowest BCUT2D eigenvalue weighted by Gasteiger charge is -2.25. The Labute approximate surface area is 126 Å². The van der Waals surface area contributed by atoms with Crippen molar-refractivity contribution in [3.8, 4) is 5.75 Å². The molecule has 2 atom stereocenters. The summed E-state index contributed by atoms with van der Waals surface area (Å²) in [6, 6.07) is 5.21. The molecule has 1 aromatic rings. The number of benzene rings is 1. The average Bonchev–Trinajstić information content (AvgIpc) is 2.89. The summed E-state index contributed by atoms with van der Waals surface area (Å²) in [5, 5.41) is 10.5. The summed E-state index contributed by atoms with van der Waals surface area (Å²) >= 11 is 0. The third-order valence-electron chi connectivity index (χ3n) is 3.66. The molecule has 8 nitrogen and oxygen atoms in total. The van der Waals surface area contributed by atoms with E-state index >= 15 is 0 Å². The van der Waals surface area contributed by atoms with E-state index < -0.39 is 11.1 Å². The van der Waals surface area contributed by atoms with Crippen molar-refractivity contribution >= 4 is 11.8 Å². The first kappa shape index (κ1) is 14.7. The van der Waals surface area contributed by atoms with Gasteiger partial charge in [0.1, 0.15) is 11.9 Å². The third-order valence-corrected chi connectivity index (χ3v) is 3.66. The number of hydrogen-bond acceptors (Lipinski definition) is 7. The van der Waals surface area contributed by atoms with Gasteiger partial charge in [0.15, 0.2) is 0 Å². The first-order valence-electron chi connectivity index (χ1n) is 6.98. The molecule has 0 amide bonds. The Bertz CT molecular complexity index is 545. The molecule has 2 aliphatic rings. The second-order valence-electron chi connectivity index (χ2n) is 5.13. The molecule has 0 spiro atoms. The maximum absolute atomic E-state index is 11.7. The van der Waals surface area contributed by atoms with E-state index in [0.29, 0.717) is 26.1 Å². The van der Waals surface area contributed by atoms with Crippen molar-refractivity contribution in [1.29, 1.82) is 0 Å². The molecule has 0 N–H and O–H groups in total. The molecule has 3 rings (SSSR count). The van der Waals surface area contributed by atoms with Crippen molar-refractivity contribution in [3.05, 3.63) is 34.4 Å².